The molecule has 0 unspecified atom stereocenters. The Morgan fingerprint density at radius 3 is 2.14 bits per heavy atom. The van der Waals surface area contributed by atoms with Gasteiger partial charge in [0.15, 0.2) is 6.61 Å². The van der Waals surface area contributed by atoms with Gasteiger partial charge < -0.3 is 15.0 Å². The Morgan fingerprint density at radius 1 is 0.964 bits per heavy atom. The molecule has 1 aliphatic heterocycles. The fourth-order valence-corrected chi connectivity index (χ4v) is 3.20. The van der Waals surface area contributed by atoms with Crippen molar-refractivity contribution in [2.24, 2.45) is 0 Å². The number of nitrogens with zero attached hydrogens (tertiary/aromatic N) is 1. The summed E-state index contributed by atoms with van der Waals surface area (Å²) < 4.78 is 5.56. The second kappa shape index (κ2) is 8.46. The number of likely N-dealkylation sites (tertiary alicyclic amines) is 1. The van der Waals surface area contributed by atoms with Gasteiger partial charge in [0.05, 0.1) is 0 Å². The summed E-state index contributed by atoms with van der Waals surface area (Å²) in [5.74, 6) is 0.477. The van der Waals surface area contributed by atoms with Crippen molar-refractivity contribution in [3.8, 4) is 5.75 Å². The summed E-state index contributed by atoms with van der Waals surface area (Å²) in [5.41, 5.74) is 2.59. The number of hydrogen-bond donors (Lipinski definition) is 1. The molecule has 2 aromatic carbocycles. The maximum atomic E-state index is 12.3. The lowest BCUT2D eigenvalue weighted by atomic mass is 9.87. The third-order valence-corrected chi connectivity index (χ3v) is 4.90. The summed E-state index contributed by atoms with van der Waals surface area (Å²) in [6.07, 6.45) is 2.14. The van der Waals surface area contributed by atoms with E-state index in [0.29, 0.717) is 17.0 Å². The number of benzene rings is 2. The number of anilines is 1. The van der Waals surface area contributed by atoms with Crippen LogP contribution in [0.1, 0.15) is 49.5 Å². The van der Waals surface area contributed by atoms with Gasteiger partial charge in [-0.3, -0.25) is 9.59 Å². The van der Waals surface area contributed by atoms with Crippen LogP contribution in [0, 0.1) is 0 Å². The lowest BCUT2D eigenvalue weighted by molar-refractivity contribution is -0.118. The van der Waals surface area contributed by atoms with Gasteiger partial charge in [0.2, 0.25) is 0 Å². The van der Waals surface area contributed by atoms with Gasteiger partial charge in [-0.1, -0.05) is 32.9 Å². The lowest BCUT2D eigenvalue weighted by Gasteiger charge is -2.19. The quantitative estimate of drug-likeness (QED) is 0.844. The maximum Gasteiger partial charge on any atom is 0.262 e. The normalized spacial score (nSPS) is 14.0. The van der Waals surface area contributed by atoms with E-state index >= 15 is 0 Å². The zero-order valence-electron chi connectivity index (χ0n) is 16.8. The first-order valence-corrected chi connectivity index (χ1v) is 9.75. The van der Waals surface area contributed by atoms with Crippen LogP contribution in [-0.2, 0) is 10.2 Å². The minimum atomic E-state index is -0.237. The molecule has 3 rings (SSSR count). The van der Waals surface area contributed by atoms with Crippen LogP contribution in [0.3, 0.4) is 0 Å². The van der Waals surface area contributed by atoms with Crippen LogP contribution in [0.2, 0.25) is 0 Å². The maximum absolute atomic E-state index is 12.3. The highest BCUT2D eigenvalue weighted by Gasteiger charge is 2.19. The Bertz CT molecular complexity index is 814. The van der Waals surface area contributed by atoms with Crippen LogP contribution < -0.4 is 10.1 Å². The zero-order valence-corrected chi connectivity index (χ0v) is 16.8. The van der Waals surface area contributed by atoms with E-state index in [1.54, 1.807) is 24.3 Å². The van der Waals surface area contributed by atoms with Gasteiger partial charge in [-0.05, 0) is 60.2 Å². The van der Waals surface area contributed by atoms with Gasteiger partial charge in [-0.15, -0.1) is 0 Å². The smallest absolute Gasteiger partial charge is 0.262 e. The largest absolute Gasteiger partial charge is 0.484 e. The first-order chi connectivity index (χ1) is 13.3. The van der Waals surface area contributed by atoms with Crippen molar-refractivity contribution in [2.45, 2.75) is 39.0 Å². The lowest BCUT2D eigenvalue weighted by Crippen LogP contribution is -2.27. The Hall–Kier alpha value is -2.82. The molecule has 0 radical (unpaired) electrons. The minimum Gasteiger partial charge on any atom is -0.484 e. The van der Waals surface area contributed by atoms with Gasteiger partial charge in [-0.2, -0.15) is 0 Å². The van der Waals surface area contributed by atoms with E-state index in [1.165, 1.54) is 5.56 Å². The first kappa shape index (κ1) is 19.9. The van der Waals surface area contributed by atoms with E-state index in [0.717, 1.165) is 25.9 Å². The number of carbonyl (C=O) groups is 2. The van der Waals surface area contributed by atoms with Crippen molar-refractivity contribution in [3.63, 3.8) is 0 Å². The van der Waals surface area contributed by atoms with E-state index in [-0.39, 0.29) is 23.8 Å². The Balaban J connectivity index is 1.50. The monoisotopic (exact) mass is 380 g/mol. The van der Waals surface area contributed by atoms with Crippen molar-refractivity contribution in [1.29, 1.82) is 0 Å². The molecule has 28 heavy (non-hydrogen) atoms. The van der Waals surface area contributed by atoms with E-state index in [1.807, 2.05) is 29.2 Å². The van der Waals surface area contributed by atoms with Crippen molar-refractivity contribution in [2.75, 3.05) is 25.0 Å². The molecule has 0 bridgehead atoms. The fourth-order valence-electron chi connectivity index (χ4n) is 3.20. The molecule has 1 N–H and O–H groups in total. The molecule has 0 atom stereocenters. The molecule has 0 saturated carbocycles. The van der Waals surface area contributed by atoms with Gasteiger partial charge in [-0.25, -0.2) is 0 Å². The molecular formula is C23H28N2O3. The van der Waals surface area contributed by atoms with Crippen LogP contribution in [0.15, 0.2) is 48.5 Å². The summed E-state index contributed by atoms with van der Waals surface area (Å²) in [7, 11) is 0. The molecule has 1 fully saturated rings. The van der Waals surface area contributed by atoms with E-state index in [2.05, 4.69) is 26.1 Å². The number of hydrogen-bond acceptors (Lipinski definition) is 3. The van der Waals surface area contributed by atoms with E-state index in [9.17, 15) is 9.59 Å². The predicted molar refractivity (Wildman–Crippen MR) is 111 cm³/mol. The van der Waals surface area contributed by atoms with Crippen molar-refractivity contribution >= 4 is 17.5 Å². The number of nitrogens with one attached hydrogen (secondary N) is 1. The summed E-state index contributed by atoms with van der Waals surface area (Å²) in [6, 6.07) is 14.8. The third-order valence-electron chi connectivity index (χ3n) is 4.90. The Kier molecular flexibility index (Phi) is 6.02. The highest BCUT2D eigenvalue weighted by atomic mass is 16.5. The van der Waals surface area contributed by atoms with Gasteiger partial charge in [0.1, 0.15) is 5.75 Å². The van der Waals surface area contributed by atoms with Gasteiger partial charge in [0.25, 0.3) is 11.8 Å². The second-order valence-corrected chi connectivity index (χ2v) is 8.19. The first-order valence-electron chi connectivity index (χ1n) is 9.75. The zero-order chi connectivity index (χ0) is 20.1. The van der Waals surface area contributed by atoms with Crippen LogP contribution in [0.5, 0.6) is 5.75 Å². The topological polar surface area (TPSA) is 58.6 Å². The molecule has 0 spiro atoms. The second-order valence-electron chi connectivity index (χ2n) is 8.19. The summed E-state index contributed by atoms with van der Waals surface area (Å²) in [4.78, 5) is 26.3. The molecule has 1 heterocycles. The average Bonchev–Trinajstić information content (AvgIpc) is 3.21. The third kappa shape index (κ3) is 5.12. The average molecular weight is 380 g/mol. The Labute approximate surface area is 166 Å². The molecule has 0 aromatic heterocycles. The standard InChI is InChI=1S/C23H28N2O3/c1-23(2,3)18-8-12-20(13-9-18)28-16-21(26)24-19-10-6-17(7-11-19)22(27)25-14-4-5-15-25/h6-13H,4-5,14-16H2,1-3H3,(H,24,26). The van der Waals surface area contributed by atoms with Gasteiger partial charge in [0, 0.05) is 24.3 Å². The fraction of sp³-hybridized carbons (Fsp3) is 0.391. The molecular weight excluding hydrogens is 352 g/mol. The predicted octanol–water partition coefficient (Wildman–Crippen LogP) is 4.24. The Morgan fingerprint density at radius 2 is 1.57 bits per heavy atom. The molecule has 5 heteroatoms. The molecule has 2 amide bonds. The van der Waals surface area contributed by atoms with Crippen LogP contribution >= 0.6 is 0 Å². The van der Waals surface area contributed by atoms with E-state index in [4.69, 9.17) is 4.74 Å². The van der Waals surface area contributed by atoms with Crippen molar-refractivity contribution in [1.82, 2.24) is 4.90 Å². The molecule has 5 nitrogen and oxygen atoms in total. The summed E-state index contributed by atoms with van der Waals surface area (Å²) in [5, 5.41) is 2.79. The van der Waals surface area contributed by atoms with Crippen LogP contribution in [0.25, 0.3) is 0 Å². The van der Waals surface area contributed by atoms with Gasteiger partial charge >= 0.3 is 0 Å². The van der Waals surface area contributed by atoms with Crippen molar-refractivity contribution in [3.05, 3.63) is 59.7 Å². The van der Waals surface area contributed by atoms with Crippen LogP contribution in [-0.4, -0.2) is 36.4 Å². The highest BCUT2D eigenvalue weighted by molar-refractivity contribution is 5.96. The van der Waals surface area contributed by atoms with E-state index < -0.39 is 0 Å². The summed E-state index contributed by atoms with van der Waals surface area (Å²) in [6.45, 7) is 8.04. The number of carbonyl (C=O) groups excluding carboxylic acids is 2. The minimum absolute atomic E-state index is 0.0532. The SMILES string of the molecule is CC(C)(C)c1ccc(OCC(=O)Nc2ccc(C(=O)N3CCCC3)cc2)cc1. The highest BCUT2D eigenvalue weighted by Crippen LogP contribution is 2.24. The molecule has 148 valence electrons. The van der Waals surface area contributed by atoms with Crippen molar-refractivity contribution < 1.29 is 14.3 Å². The number of rotatable bonds is 5. The molecule has 0 aliphatic carbocycles. The molecule has 1 saturated heterocycles. The summed E-state index contributed by atoms with van der Waals surface area (Å²) >= 11 is 0. The number of amides is 2. The van der Waals surface area contributed by atoms with Crippen LogP contribution in [0.4, 0.5) is 5.69 Å². The number of ether oxygens (including phenoxy) is 1. The molecule has 2 aromatic rings. The molecule has 1 aliphatic rings.